The van der Waals surface area contributed by atoms with Gasteiger partial charge in [-0.25, -0.2) is 0 Å². The molecule has 0 saturated carbocycles. The average molecular weight is 285 g/mol. The Labute approximate surface area is 130 Å². The Balaban J connectivity index is 1.97. The molecule has 0 unspecified atom stereocenters. The van der Waals surface area contributed by atoms with Crippen molar-refractivity contribution >= 4 is 11.1 Å². The topological polar surface area (TPSA) is 33.0 Å². The fraction of sp³-hybridized carbons (Fsp3) is 0.150. The van der Waals surface area contributed by atoms with E-state index in [1.54, 1.807) is 6.08 Å². The lowest BCUT2D eigenvalue weighted by atomic mass is 9.81. The third kappa shape index (κ3) is 2.03. The van der Waals surface area contributed by atoms with Crippen LogP contribution >= 0.6 is 0 Å². The highest BCUT2D eigenvalue weighted by atomic mass is 16.5. The molecule has 2 aromatic rings. The standard InChI is InChI=1S/C20H15NO/c21-12-11-14-9-10-15-16-5-1-3-7-19(16)22-20-8-4-2-6-17(20)18(15)13-14/h1-8,11H,9-10,13H2. The smallest absolute Gasteiger partial charge is 0.134 e. The van der Waals surface area contributed by atoms with E-state index in [-0.39, 0.29) is 0 Å². The molecular formula is C20H15NO. The third-order valence-electron chi connectivity index (χ3n) is 4.38. The van der Waals surface area contributed by atoms with Gasteiger partial charge in [-0.3, -0.25) is 0 Å². The van der Waals surface area contributed by atoms with Crippen LogP contribution in [0.15, 0.2) is 60.2 Å². The second-order valence-electron chi connectivity index (χ2n) is 5.66. The van der Waals surface area contributed by atoms with E-state index in [1.807, 2.05) is 30.3 Å². The number of hydrogen-bond acceptors (Lipinski definition) is 2. The molecule has 0 amide bonds. The molecule has 4 rings (SSSR count). The minimum atomic E-state index is 0.831. The number of hydrogen-bond donors (Lipinski definition) is 0. The van der Waals surface area contributed by atoms with Gasteiger partial charge in [0.2, 0.25) is 0 Å². The van der Waals surface area contributed by atoms with Crippen molar-refractivity contribution < 1.29 is 4.74 Å². The Morgan fingerprint density at radius 2 is 1.50 bits per heavy atom. The molecule has 2 aliphatic rings. The third-order valence-corrected chi connectivity index (χ3v) is 4.38. The van der Waals surface area contributed by atoms with Gasteiger partial charge in [0, 0.05) is 17.2 Å². The maximum atomic E-state index is 8.96. The molecule has 0 bridgehead atoms. The zero-order valence-corrected chi connectivity index (χ0v) is 12.2. The van der Waals surface area contributed by atoms with Gasteiger partial charge in [0.15, 0.2) is 0 Å². The van der Waals surface area contributed by atoms with Crippen molar-refractivity contribution in [1.29, 1.82) is 5.26 Å². The zero-order chi connectivity index (χ0) is 14.9. The van der Waals surface area contributed by atoms with Crippen LogP contribution in [0.2, 0.25) is 0 Å². The molecule has 1 heterocycles. The Morgan fingerprint density at radius 1 is 0.864 bits per heavy atom. The summed E-state index contributed by atoms with van der Waals surface area (Å²) in [5, 5.41) is 8.96. The number of nitrogens with zero attached hydrogens (tertiary/aromatic N) is 1. The van der Waals surface area contributed by atoms with Gasteiger partial charge < -0.3 is 4.74 Å². The summed E-state index contributed by atoms with van der Waals surface area (Å²) in [4.78, 5) is 0. The van der Waals surface area contributed by atoms with E-state index in [4.69, 9.17) is 10.00 Å². The predicted octanol–water partition coefficient (Wildman–Crippen LogP) is 5.34. The summed E-state index contributed by atoms with van der Waals surface area (Å²) < 4.78 is 6.16. The molecule has 2 aromatic carbocycles. The minimum absolute atomic E-state index is 0.831. The number of benzene rings is 2. The highest BCUT2D eigenvalue weighted by molar-refractivity contribution is 5.97. The van der Waals surface area contributed by atoms with Gasteiger partial charge in [0.25, 0.3) is 0 Å². The number of fused-ring (bicyclic) bond motifs is 4. The van der Waals surface area contributed by atoms with Crippen LogP contribution in [-0.2, 0) is 0 Å². The summed E-state index contributed by atoms with van der Waals surface area (Å²) in [7, 11) is 0. The first-order chi connectivity index (χ1) is 10.9. The molecule has 0 atom stereocenters. The summed E-state index contributed by atoms with van der Waals surface area (Å²) >= 11 is 0. The average Bonchev–Trinajstić information content (AvgIpc) is 2.69. The molecular weight excluding hydrogens is 270 g/mol. The lowest BCUT2D eigenvalue weighted by Gasteiger charge is -2.22. The predicted molar refractivity (Wildman–Crippen MR) is 87.3 cm³/mol. The Bertz CT molecular complexity index is 852. The van der Waals surface area contributed by atoms with Crippen LogP contribution in [0.3, 0.4) is 0 Å². The number of rotatable bonds is 0. The Hall–Kier alpha value is -2.79. The molecule has 0 fully saturated rings. The number of allylic oxidation sites excluding steroid dienone is 4. The second-order valence-corrected chi connectivity index (χ2v) is 5.66. The van der Waals surface area contributed by atoms with Crippen LogP contribution in [0.4, 0.5) is 0 Å². The summed E-state index contributed by atoms with van der Waals surface area (Å²) in [5.74, 6) is 1.82. The lowest BCUT2D eigenvalue weighted by Crippen LogP contribution is -2.01. The molecule has 0 N–H and O–H groups in total. The summed E-state index contributed by atoms with van der Waals surface area (Å²) in [5.41, 5.74) is 6.20. The van der Waals surface area contributed by atoms with Crippen molar-refractivity contribution in [2.24, 2.45) is 0 Å². The number of para-hydroxylation sites is 2. The van der Waals surface area contributed by atoms with Gasteiger partial charge in [-0.05, 0) is 42.5 Å². The molecule has 1 aliphatic heterocycles. The van der Waals surface area contributed by atoms with Gasteiger partial charge in [0.1, 0.15) is 11.5 Å². The van der Waals surface area contributed by atoms with E-state index in [0.717, 1.165) is 36.3 Å². The Morgan fingerprint density at radius 3 is 2.18 bits per heavy atom. The van der Waals surface area contributed by atoms with Gasteiger partial charge in [-0.1, -0.05) is 42.0 Å². The lowest BCUT2D eigenvalue weighted by molar-refractivity contribution is 0.481. The molecule has 2 nitrogen and oxygen atoms in total. The van der Waals surface area contributed by atoms with Gasteiger partial charge in [0.05, 0.1) is 6.07 Å². The minimum Gasteiger partial charge on any atom is -0.456 e. The summed E-state index contributed by atoms with van der Waals surface area (Å²) in [6.07, 6.45) is 4.43. The molecule has 1 aliphatic carbocycles. The quantitative estimate of drug-likeness (QED) is 0.612. The van der Waals surface area contributed by atoms with Crippen LogP contribution in [0.25, 0.3) is 11.1 Å². The first-order valence-corrected chi connectivity index (χ1v) is 7.53. The van der Waals surface area contributed by atoms with Crippen molar-refractivity contribution in [3.63, 3.8) is 0 Å². The summed E-state index contributed by atoms with van der Waals surface area (Å²) in [6.45, 7) is 0. The van der Waals surface area contributed by atoms with E-state index in [0.29, 0.717) is 0 Å². The molecule has 22 heavy (non-hydrogen) atoms. The van der Waals surface area contributed by atoms with Crippen molar-refractivity contribution in [3.05, 3.63) is 71.3 Å². The monoisotopic (exact) mass is 285 g/mol. The van der Waals surface area contributed by atoms with Gasteiger partial charge >= 0.3 is 0 Å². The fourth-order valence-corrected chi connectivity index (χ4v) is 3.36. The van der Waals surface area contributed by atoms with E-state index in [1.165, 1.54) is 22.3 Å². The first kappa shape index (κ1) is 12.9. The molecule has 2 heteroatoms. The maximum Gasteiger partial charge on any atom is 0.134 e. The first-order valence-electron chi connectivity index (χ1n) is 7.53. The maximum absolute atomic E-state index is 8.96. The van der Waals surface area contributed by atoms with E-state index in [9.17, 15) is 0 Å². The number of ether oxygens (including phenoxy) is 1. The van der Waals surface area contributed by atoms with Crippen molar-refractivity contribution in [2.75, 3.05) is 0 Å². The van der Waals surface area contributed by atoms with Crippen molar-refractivity contribution in [2.45, 2.75) is 19.3 Å². The molecule has 106 valence electrons. The van der Waals surface area contributed by atoms with E-state index < -0.39 is 0 Å². The largest absolute Gasteiger partial charge is 0.456 e. The van der Waals surface area contributed by atoms with E-state index in [2.05, 4.69) is 24.3 Å². The van der Waals surface area contributed by atoms with Crippen LogP contribution in [0, 0.1) is 11.3 Å². The SMILES string of the molecule is N#CC=C1CCC2=C(C1)c1ccccc1Oc1ccccc12. The Kier molecular flexibility index (Phi) is 3.05. The summed E-state index contributed by atoms with van der Waals surface area (Å²) in [6, 6.07) is 18.6. The highest BCUT2D eigenvalue weighted by Gasteiger charge is 2.26. The second kappa shape index (κ2) is 5.20. The van der Waals surface area contributed by atoms with Gasteiger partial charge in [-0.15, -0.1) is 0 Å². The molecule has 0 spiro atoms. The molecule has 0 radical (unpaired) electrons. The fourth-order valence-electron chi connectivity index (χ4n) is 3.36. The van der Waals surface area contributed by atoms with Crippen LogP contribution < -0.4 is 4.74 Å². The highest BCUT2D eigenvalue weighted by Crippen LogP contribution is 2.48. The van der Waals surface area contributed by atoms with E-state index >= 15 is 0 Å². The van der Waals surface area contributed by atoms with Crippen LogP contribution in [-0.4, -0.2) is 0 Å². The number of nitriles is 1. The molecule has 0 saturated heterocycles. The zero-order valence-electron chi connectivity index (χ0n) is 12.2. The van der Waals surface area contributed by atoms with Crippen molar-refractivity contribution in [1.82, 2.24) is 0 Å². The normalized spacial score (nSPS) is 17.7. The van der Waals surface area contributed by atoms with Crippen LogP contribution in [0.5, 0.6) is 11.5 Å². The van der Waals surface area contributed by atoms with Crippen LogP contribution in [0.1, 0.15) is 30.4 Å². The van der Waals surface area contributed by atoms with Crippen molar-refractivity contribution in [3.8, 4) is 17.6 Å². The van der Waals surface area contributed by atoms with Gasteiger partial charge in [-0.2, -0.15) is 5.26 Å². The molecule has 0 aromatic heterocycles.